The Labute approximate surface area is 184 Å². The Morgan fingerprint density at radius 1 is 1.19 bits per heavy atom. The molecule has 7 nitrogen and oxygen atoms in total. The van der Waals surface area contributed by atoms with Gasteiger partial charge in [-0.15, -0.1) is 0 Å². The quantitative estimate of drug-likeness (QED) is 0.583. The molecule has 1 fully saturated rings. The molecular weight excluding hydrogens is 394 g/mol. The van der Waals surface area contributed by atoms with Crippen LogP contribution < -0.4 is 4.74 Å². The van der Waals surface area contributed by atoms with Crippen LogP contribution in [-0.2, 0) is 22.6 Å². The molecule has 1 aromatic heterocycles. The third kappa shape index (κ3) is 7.61. The number of aromatic nitrogens is 1. The Kier molecular flexibility index (Phi) is 8.82. The zero-order valence-electron chi connectivity index (χ0n) is 18.4. The summed E-state index contributed by atoms with van der Waals surface area (Å²) in [7, 11) is 3.51. The van der Waals surface area contributed by atoms with E-state index in [-0.39, 0.29) is 18.5 Å². The lowest BCUT2D eigenvalue weighted by Gasteiger charge is -2.31. The van der Waals surface area contributed by atoms with Crippen LogP contribution in [-0.4, -0.2) is 72.4 Å². The number of esters is 1. The maximum atomic E-state index is 11.6. The number of β-amino-alcohol motifs (C(OH)–C–C–N with tert-alkyl or cyclic N) is 1. The summed E-state index contributed by atoms with van der Waals surface area (Å²) in [6.45, 7) is 3.98. The van der Waals surface area contributed by atoms with Crippen molar-refractivity contribution in [1.29, 1.82) is 0 Å². The first-order valence-corrected chi connectivity index (χ1v) is 10.8. The molecule has 2 heterocycles. The fourth-order valence-corrected chi connectivity index (χ4v) is 3.89. The van der Waals surface area contributed by atoms with Gasteiger partial charge in [-0.1, -0.05) is 18.2 Å². The third-order valence-electron chi connectivity index (χ3n) is 5.57. The average Bonchev–Trinajstić information content (AvgIpc) is 2.79. The molecule has 3 rings (SSSR count). The molecule has 2 aromatic rings. The SMILES string of the molecule is COC(=O)C1CCN(CC(O)COc2ccc(CN(C)Cc3ccccn3)cc2)CC1. The Morgan fingerprint density at radius 3 is 2.58 bits per heavy atom. The molecule has 1 saturated heterocycles. The van der Waals surface area contributed by atoms with Gasteiger partial charge in [0.25, 0.3) is 0 Å². The van der Waals surface area contributed by atoms with Crippen LogP contribution in [0.5, 0.6) is 5.75 Å². The van der Waals surface area contributed by atoms with Crippen LogP contribution in [0.4, 0.5) is 0 Å². The van der Waals surface area contributed by atoms with Crippen LogP contribution in [0.15, 0.2) is 48.7 Å². The number of methoxy groups -OCH3 is 1. The number of ether oxygens (including phenoxy) is 2. The van der Waals surface area contributed by atoms with E-state index in [1.54, 1.807) is 0 Å². The zero-order valence-corrected chi connectivity index (χ0v) is 18.4. The average molecular weight is 428 g/mol. The number of nitrogens with zero attached hydrogens (tertiary/aromatic N) is 3. The van der Waals surface area contributed by atoms with Crippen LogP contribution in [0, 0.1) is 5.92 Å². The van der Waals surface area contributed by atoms with Gasteiger partial charge in [0.05, 0.1) is 18.7 Å². The van der Waals surface area contributed by atoms with Crippen molar-refractivity contribution < 1.29 is 19.4 Å². The summed E-state index contributed by atoms with van der Waals surface area (Å²) < 4.78 is 10.6. The highest BCUT2D eigenvalue weighted by Gasteiger charge is 2.26. The highest BCUT2D eigenvalue weighted by Crippen LogP contribution is 2.19. The molecule has 7 heteroatoms. The number of hydrogen-bond donors (Lipinski definition) is 1. The molecule has 0 amide bonds. The van der Waals surface area contributed by atoms with E-state index >= 15 is 0 Å². The molecule has 0 radical (unpaired) electrons. The van der Waals surface area contributed by atoms with E-state index in [4.69, 9.17) is 9.47 Å². The lowest BCUT2D eigenvalue weighted by Crippen LogP contribution is -2.42. The van der Waals surface area contributed by atoms with E-state index in [1.807, 2.05) is 48.7 Å². The maximum absolute atomic E-state index is 11.6. The highest BCUT2D eigenvalue weighted by atomic mass is 16.5. The van der Waals surface area contributed by atoms with Gasteiger partial charge in [-0.25, -0.2) is 0 Å². The first-order valence-electron chi connectivity index (χ1n) is 10.8. The van der Waals surface area contributed by atoms with Crippen LogP contribution in [0.1, 0.15) is 24.1 Å². The van der Waals surface area contributed by atoms with Crippen molar-refractivity contribution in [3.63, 3.8) is 0 Å². The molecule has 31 heavy (non-hydrogen) atoms. The van der Waals surface area contributed by atoms with Crippen molar-refractivity contribution in [2.24, 2.45) is 5.92 Å². The molecule has 0 aliphatic carbocycles. The number of likely N-dealkylation sites (tertiary alicyclic amines) is 1. The number of carbonyl (C=O) groups is 1. The van der Waals surface area contributed by atoms with Crippen molar-refractivity contribution in [1.82, 2.24) is 14.8 Å². The minimum atomic E-state index is -0.571. The second-order valence-electron chi connectivity index (χ2n) is 8.20. The highest BCUT2D eigenvalue weighted by molar-refractivity contribution is 5.72. The first kappa shape index (κ1) is 23.2. The number of aliphatic hydroxyl groups excluding tert-OH is 1. The van der Waals surface area contributed by atoms with Crippen LogP contribution >= 0.6 is 0 Å². The van der Waals surface area contributed by atoms with Crippen molar-refractivity contribution in [2.75, 3.05) is 40.4 Å². The van der Waals surface area contributed by atoms with E-state index in [0.717, 1.165) is 50.5 Å². The van der Waals surface area contributed by atoms with Crippen molar-refractivity contribution in [3.8, 4) is 5.75 Å². The lowest BCUT2D eigenvalue weighted by atomic mass is 9.97. The number of aliphatic hydroxyl groups is 1. The van der Waals surface area contributed by atoms with Crippen molar-refractivity contribution in [2.45, 2.75) is 32.0 Å². The summed E-state index contributed by atoms with van der Waals surface area (Å²) in [5.74, 6) is 0.602. The largest absolute Gasteiger partial charge is 0.491 e. The van der Waals surface area contributed by atoms with Gasteiger partial charge in [0, 0.05) is 25.8 Å². The second-order valence-corrected chi connectivity index (χ2v) is 8.20. The third-order valence-corrected chi connectivity index (χ3v) is 5.57. The number of pyridine rings is 1. The number of benzene rings is 1. The van der Waals surface area contributed by atoms with E-state index in [1.165, 1.54) is 12.7 Å². The van der Waals surface area contributed by atoms with Crippen LogP contribution in [0.2, 0.25) is 0 Å². The molecule has 1 aromatic carbocycles. The Morgan fingerprint density at radius 2 is 1.94 bits per heavy atom. The van der Waals surface area contributed by atoms with Crippen molar-refractivity contribution in [3.05, 3.63) is 59.9 Å². The molecule has 1 N–H and O–H groups in total. The molecule has 1 aliphatic rings. The van der Waals surface area contributed by atoms with Gasteiger partial charge in [-0.2, -0.15) is 0 Å². The summed E-state index contributed by atoms with van der Waals surface area (Å²) in [6.07, 6.45) is 2.79. The molecule has 0 saturated carbocycles. The lowest BCUT2D eigenvalue weighted by molar-refractivity contribution is -0.147. The summed E-state index contributed by atoms with van der Waals surface area (Å²) in [5.41, 5.74) is 2.24. The second kappa shape index (κ2) is 11.8. The predicted molar refractivity (Wildman–Crippen MR) is 119 cm³/mol. The van der Waals surface area contributed by atoms with E-state index in [0.29, 0.717) is 6.54 Å². The Balaban J connectivity index is 1.36. The minimum absolute atomic E-state index is 0.0174. The van der Waals surface area contributed by atoms with Gasteiger partial charge < -0.3 is 19.5 Å². The van der Waals surface area contributed by atoms with Crippen LogP contribution in [0.3, 0.4) is 0 Å². The van der Waals surface area contributed by atoms with Gasteiger partial charge in [0.1, 0.15) is 18.5 Å². The summed E-state index contributed by atoms with van der Waals surface area (Å²) in [5, 5.41) is 10.3. The molecular formula is C24H33N3O4. The minimum Gasteiger partial charge on any atom is -0.491 e. The van der Waals surface area contributed by atoms with Crippen molar-refractivity contribution >= 4 is 5.97 Å². The fraction of sp³-hybridized carbons (Fsp3) is 0.500. The zero-order chi connectivity index (χ0) is 22.1. The number of hydrogen-bond acceptors (Lipinski definition) is 7. The van der Waals surface area contributed by atoms with Gasteiger partial charge >= 0.3 is 5.97 Å². The van der Waals surface area contributed by atoms with Gasteiger partial charge in [0.2, 0.25) is 0 Å². The molecule has 168 valence electrons. The number of piperidine rings is 1. The maximum Gasteiger partial charge on any atom is 0.308 e. The van der Waals surface area contributed by atoms with Gasteiger partial charge in [-0.05, 0) is 62.8 Å². The molecule has 0 bridgehead atoms. The Hall–Kier alpha value is -2.48. The molecule has 0 spiro atoms. The van der Waals surface area contributed by atoms with Gasteiger partial charge in [-0.3, -0.25) is 14.7 Å². The van der Waals surface area contributed by atoms with Gasteiger partial charge in [0.15, 0.2) is 0 Å². The molecule has 1 aliphatic heterocycles. The standard InChI is InChI=1S/C24H33N3O4/c1-26(16-21-5-3-4-12-25-21)15-19-6-8-23(9-7-19)31-18-22(28)17-27-13-10-20(11-14-27)24(29)30-2/h3-9,12,20,22,28H,10-11,13-18H2,1-2H3. The number of rotatable bonds is 10. The molecule has 1 unspecified atom stereocenters. The van der Waals surface area contributed by atoms with E-state index in [2.05, 4.69) is 21.8 Å². The summed E-state index contributed by atoms with van der Waals surface area (Å²) >= 11 is 0. The van der Waals surface area contributed by atoms with E-state index in [9.17, 15) is 9.90 Å². The topological polar surface area (TPSA) is 75.1 Å². The fourth-order valence-electron chi connectivity index (χ4n) is 3.89. The van der Waals surface area contributed by atoms with Crippen LogP contribution in [0.25, 0.3) is 0 Å². The monoisotopic (exact) mass is 427 g/mol. The Bertz CT molecular complexity index is 792. The summed E-state index contributed by atoms with van der Waals surface area (Å²) in [6, 6.07) is 13.9. The predicted octanol–water partition coefficient (Wildman–Crippen LogP) is 2.34. The first-order chi connectivity index (χ1) is 15.0. The smallest absolute Gasteiger partial charge is 0.308 e. The summed E-state index contributed by atoms with van der Waals surface area (Å²) in [4.78, 5) is 20.4. The normalized spacial score (nSPS) is 16.3. The number of carbonyl (C=O) groups excluding carboxylic acids is 1. The molecule has 1 atom stereocenters. The van der Waals surface area contributed by atoms with E-state index < -0.39 is 6.10 Å².